The summed E-state index contributed by atoms with van der Waals surface area (Å²) in [6.07, 6.45) is -0.418. The Labute approximate surface area is 118 Å². The molecule has 0 aromatic heterocycles. The van der Waals surface area contributed by atoms with E-state index in [1.807, 2.05) is 6.07 Å². The van der Waals surface area contributed by atoms with E-state index in [0.29, 0.717) is 12.1 Å². The first-order valence-electron chi connectivity index (χ1n) is 6.46. The number of hydrogen-bond acceptors (Lipinski definition) is 4. The Kier molecular flexibility index (Phi) is 6.52. The Morgan fingerprint density at radius 3 is 2.55 bits per heavy atom. The van der Waals surface area contributed by atoms with E-state index in [1.54, 1.807) is 31.2 Å². The molecule has 0 saturated heterocycles. The first-order chi connectivity index (χ1) is 9.58. The van der Waals surface area contributed by atoms with E-state index in [1.165, 1.54) is 12.0 Å². The first kappa shape index (κ1) is 16.0. The number of rotatable bonds is 6. The number of ether oxygens (including phenoxy) is 1. The predicted molar refractivity (Wildman–Crippen MR) is 75.3 cm³/mol. The van der Waals surface area contributed by atoms with Crippen LogP contribution in [0.15, 0.2) is 30.3 Å². The van der Waals surface area contributed by atoms with E-state index in [2.05, 4.69) is 10.1 Å². The molecule has 1 rings (SSSR count). The molecule has 0 bridgehead atoms. The van der Waals surface area contributed by atoms with Gasteiger partial charge >= 0.3 is 12.0 Å². The van der Waals surface area contributed by atoms with Crippen LogP contribution < -0.4 is 10.2 Å². The average Bonchev–Trinajstić information content (AvgIpc) is 2.48. The number of methoxy groups -OCH3 is 1. The third-order valence-electron chi connectivity index (χ3n) is 2.76. The molecule has 2 amide bonds. The van der Waals surface area contributed by atoms with Crippen LogP contribution in [0.3, 0.4) is 0 Å². The van der Waals surface area contributed by atoms with Gasteiger partial charge < -0.3 is 15.2 Å². The van der Waals surface area contributed by atoms with Crippen molar-refractivity contribution in [3.05, 3.63) is 30.3 Å². The maximum absolute atomic E-state index is 12.1. The van der Waals surface area contributed by atoms with Gasteiger partial charge in [0.15, 0.2) is 0 Å². The van der Waals surface area contributed by atoms with Gasteiger partial charge in [-0.05, 0) is 18.6 Å². The quantitative estimate of drug-likeness (QED) is 0.611. The summed E-state index contributed by atoms with van der Waals surface area (Å²) in [6, 6.07) is 8.49. The van der Waals surface area contributed by atoms with Crippen molar-refractivity contribution in [3.63, 3.8) is 0 Å². The molecule has 0 radical (unpaired) electrons. The van der Waals surface area contributed by atoms with Crippen LogP contribution in [0.4, 0.5) is 10.5 Å². The molecular weight excluding hydrogens is 260 g/mol. The standard InChI is InChI=1S/C14H20N2O4/c1-3-12(17)15-14(19)16(10-9-13(18)20-2)11-7-5-4-6-8-11/h4-8,12,17H,3,9-10H2,1-2H3,(H,15,19). The highest BCUT2D eigenvalue weighted by Crippen LogP contribution is 2.14. The topological polar surface area (TPSA) is 78.9 Å². The summed E-state index contributed by atoms with van der Waals surface area (Å²) >= 11 is 0. The second kappa shape index (κ2) is 8.16. The maximum atomic E-state index is 12.1. The number of aliphatic hydroxyl groups excluding tert-OH is 1. The molecule has 0 aliphatic rings. The van der Waals surface area contributed by atoms with Gasteiger partial charge in [0.25, 0.3) is 0 Å². The molecule has 1 atom stereocenters. The van der Waals surface area contributed by atoms with Crippen molar-refractivity contribution in [2.45, 2.75) is 26.0 Å². The Morgan fingerprint density at radius 2 is 2.00 bits per heavy atom. The van der Waals surface area contributed by atoms with Crippen molar-refractivity contribution >= 4 is 17.7 Å². The molecule has 6 heteroatoms. The van der Waals surface area contributed by atoms with Gasteiger partial charge in [0.2, 0.25) is 0 Å². The number of amides is 2. The molecular formula is C14H20N2O4. The second-order valence-electron chi connectivity index (χ2n) is 4.19. The average molecular weight is 280 g/mol. The summed E-state index contributed by atoms with van der Waals surface area (Å²) < 4.78 is 4.57. The lowest BCUT2D eigenvalue weighted by Crippen LogP contribution is -2.45. The van der Waals surface area contributed by atoms with Gasteiger partial charge in [0.1, 0.15) is 6.23 Å². The second-order valence-corrected chi connectivity index (χ2v) is 4.19. The molecule has 0 fully saturated rings. The number of urea groups is 1. The number of benzene rings is 1. The van der Waals surface area contributed by atoms with Crippen LogP contribution >= 0.6 is 0 Å². The summed E-state index contributed by atoms with van der Waals surface area (Å²) in [5.74, 6) is -0.394. The number of hydrogen-bond donors (Lipinski definition) is 2. The Bertz CT molecular complexity index is 436. The molecule has 2 N–H and O–H groups in total. The minimum Gasteiger partial charge on any atom is -0.469 e. The maximum Gasteiger partial charge on any atom is 0.323 e. The van der Waals surface area contributed by atoms with Crippen molar-refractivity contribution in [1.82, 2.24) is 5.32 Å². The Balaban J connectivity index is 2.79. The fourth-order valence-corrected chi connectivity index (χ4v) is 1.58. The van der Waals surface area contributed by atoms with E-state index in [-0.39, 0.29) is 13.0 Å². The van der Waals surface area contributed by atoms with Gasteiger partial charge in [0, 0.05) is 12.2 Å². The minimum atomic E-state index is -0.910. The van der Waals surface area contributed by atoms with E-state index in [0.717, 1.165) is 0 Å². The molecule has 0 aliphatic heterocycles. The summed E-state index contributed by atoms with van der Waals surface area (Å²) in [5, 5.41) is 12.0. The van der Waals surface area contributed by atoms with E-state index >= 15 is 0 Å². The molecule has 0 saturated carbocycles. The van der Waals surface area contributed by atoms with Gasteiger partial charge in [-0.15, -0.1) is 0 Å². The van der Waals surface area contributed by atoms with Crippen LogP contribution in [0.1, 0.15) is 19.8 Å². The highest BCUT2D eigenvalue weighted by Gasteiger charge is 2.18. The number of carbonyl (C=O) groups excluding carboxylic acids is 2. The lowest BCUT2D eigenvalue weighted by Gasteiger charge is -2.24. The van der Waals surface area contributed by atoms with Crippen LogP contribution in [0.5, 0.6) is 0 Å². The van der Waals surface area contributed by atoms with Crippen molar-refractivity contribution in [3.8, 4) is 0 Å². The smallest absolute Gasteiger partial charge is 0.323 e. The van der Waals surface area contributed by atoms with Crippen LogP contribution in [0.2, 0.25) is 0 Å². The molecule has 0 aliphatic carbocycles. The van der Waals surface area contributed by atoms with Crippen molar-refractivity contribution < 1.29 is 19.4 Å². The number of anilines is 1. The number of nitrogens with zero attached hydrogens (tertiary/aromatic N) is 1. The SMILES string of the molecule is CCC(O)NC(=O)N(CCC(=O)OC)c1ccccc1. The van der Waals surface area contributed by atoms with Gasteiger partial charge in [-0.1, -0.05) is 25.1 Å². The number of aliphatic hydroxyl groups is 1. The molecule has 1 unspecified atom stereocenters. The molecule has 110 valence electrons. The van der Waals surface area contributed by atoms with E-state index in [4.69, 9.17) is 0 Å². The predicted octanol–water partition coefficient (Wildman–Crippen LogP) is 1.49. The van der Waals surface area contributed by atoms with Gasteiger partial charge in [-0.3, -0.25) is 9.69 Å². The minimum absolute atomic E-state index is 0.0844. The van der Waals surface area contributed by atoms with Crippen molar-refractivity contribution in [2.24, 2.45) is 0 Å². The van der Waals surface area contributed by atoms with Crippen molar-refractivity contribution in [2.75, 3.05) is 18.6 Å². The zero-order valence-corrected chi connectivity index (χ0v) is 11.7. The van der Waals surface area contributed by atoms with Crippen molar-refractivity contribution in [1.29, 1.82) is 0 Å². The van der Waals surface area contributed by atoms with Crippen LogP contribution in [-0.4, -0.2) is 37.0 Å². The number of para-hydroxylation sites is 1. The third-order valence-corrected chi connectivity index (χ3v) is 2.76. The summed E-state index contributed by atoms with van der Waals surface area (Å²) in [7, 11) is 1.30. The van der Waals surface area contributed by atoms with Crippen LogP contribution in [0.25, 0.3) is 0 Å². The lowest BCUT2D eigenvalue weighted by molar-refractivity contribution is -0.140. The highest BCUT2D eigenvalue weighted by molar-refractivity contribution is 5.92. The summed E-state index contributed by atoms with van der Waals surface area (Å²) in [4.78, 5) is 24.7. The van der Waals surface area contributed by atoms with Crippen LogP contribution in [-0.2, 0) is 9.53 Å². The Hall–Kier alpha value is -2.08. The molecule has 20 heavy (non-hydrogen) atoms. The normalized spacial score (nSPS) is 11.6. The fourth-order valence-electron chi connectivity index (χ4n) is 1.58. The van der Waals surface area contributed by atoms with E-state index < -0.39 is 18.2 Å². The number of nitrogens with one attached hydrogen (secondary N) is 1. The van der Waals surface area contributed by atoms with Gasteiger partial charge in [0.05, 0.1) is 13.5 Å². The largest absolute Gasteiger partial charge is 0.469 e. The molecule has 1 aromatic carbocycles. The number of carbonyl (C=O) groups is 2. The fraction of sp³-hybridized carbons (Fsp3) is 0.429. The van der Waals surface area contributed by atoms with Crippen LogP contribution in [0, 0.1) is 0 Å². The molecule has 1 aromatic rings. The highest BCUT2D eigenvalue weighted by atomic mass is 16.5. The summed E-state index contributed by atoms with van der Waals surface area (Å²) in [6.45, 7) is 1.94. The monoisotopic (exact) mass is 280 g/mol. The molecule has 0 spiro atoms. The zero-order chi connectivity index (χ0) is 15.0. The lowest BCUT2D eigenvalue weighted by atomic mass is 10.2. The third kappa shape index (κ3) is 4.89. The Morgan fingerprint density at radius 1 is 1.35 bits per heavy atom. The zero-order valence-electron chi connectivity index (χ0n) is 11.7. The molecule has 6 nitrogen and oxygen atoms in total. The number of esters is 1. The summed E-state index contributed by atoms with van der Waals surface area (Å²) in [5.41, 5.74) is 0.650. The van der Waals surface area contributed by atoms with Gasteiger partial charge in [-0.2, -0.15) is 0 Å². The van der Waals surface area contributed by atoms with E-state index in [9.17, 15) is 14.7 Å². The first-order valence-corrected chi connectivity index (χ1v) is 6.46. The van der Waals surface area contributed by atoms with Gasteiger partial charge in [-0.25, -0.2) is 4.79 Å². The molecule has 0 heterocycles.